The summed E-state index contributed by atoms with van der Waals surface area (Å²) in [5.41, 5.74) is 0.314. The quantitative estimate of drug-likeness (QED) is 0.706. The van der Waals surface area contributed by atoms with Gasteiger partial charge in [0.05, 0.1) is 5.60 Å². The number of rotatable bonds is 2. The highest BCUT2D eigenvalue weighted by Crippen LogP contribution is 2.44. The maximum absolute atomic E-state index is 5.90. The van der Waals surface area contributed by atoms with Gasteiger partial charge in [0.2, 0.25) is 0 Å². The average Bonchev–Trinajstić information content (AvgIpc) is 2.14. The van der Waals surface area contributed by atoms with Gasteiger partial charge in [-0.1, -0.05) is 0 Å². The van der Waals surface area contributed by atoms with Gasteiger partial charge < -0.3 is 10.1 Å². The summed E-state index contributed by atoms with van der Waals surface area (Å²) in [5.74, 6) is 0.832. The largest absolute Gasteiger partial charge is 0.375 e. The first-order valence-corrected chi connectivity index (χ1v) is 5.57. The molecule has 2 fully saturated rings. The lowest BCUT2D eigenvalue weighted by Crippen LogP contribution is -2.49. The first-order chi connectivity index (χ1) is 6.26. The second-order valence-corrected chi connectivity index (χ2v) is 4.72. The monoisotopic (exact) mass is 183 g/mol. The molecule has 1 spiro atoms. The van der Waals surface area contributed by atoms with Crippen LogP contribution < -0.4 is 5.32 Å². The van der Waals surface area contributed by atoms with E-state index in [1.165, 1.54) is 32.1 Å². The molecule has 1 heterocycles. The van der Waals surface area contributed by atoms with Crippen molar-refractivity contribution in [2.24, 2.45) is 5.92 Å². The highest BCUT2D eigenvalue weighted by atomic mass is 16.5. The van der Waals surface area contributed by atoms with Crippen molar-refractivity contribution in [3.05, 3.63) is 0 Å². The number of nitrogens with one attached hydrogen (secondary N) is 1. The highest BCUT2D eigenvalue weighted by Gasteiger charge is 2.43. The van der Waals surface area contributed by atoms with Crippen LogP contribution in [0.5, 0.6) is 0 Å². The summed E-state index contributed by atoms with van der Waals surface area (Å²) in [7, 11) is 2.06. The third kappa shape index (κ3) is 1.75. The SMILES string of the molecule is CNC(C)C1CCOC2(CCC2)C1. The van der Waals surface area contributed by atoms with Crippen LogP contribution in [0.1, 0.15) is 39.0 Å². The Morgan fingerprint density at radius 3 is 2.77 bits per heavy atom. The van der Waals surface area contributed by atoms with Crippen LogP contribution in [0.2, 0.25) is 0 Å². The summed E-state index contributed by atoms with van der Waals surface area (Å²) in [4.78, 5) is 0. The van der Waals surface area contributed by atoms with E-state index in [0.717, 1.165) is 12.5 Å². The Hall–Kier alpha value is -0.0800. The van der Waals surface area contributed by atoms with E-state index in [0.29, 0.717) is 11.6 Å². The van der Waals surface area contributed by atoms with E-state index >= 15 is 0 Å². The van der Waals surface area contributed by atoms with Crippen molar-refractivity contribution in [2.45, 2.75) is 50.7 Å². The molecule has 2 aliphatic rings. The summed E-state index contributed by atoms with van der Waals surface area (Å²) in [6.45, 7) is 3.28. The zero-order valence-electron chi connectivity index (χ0n) is 8.81. The molecule has 2 atom stereocenters. The molecule has 1 saturated heterocycles. The fraction of sp³-hybridized carbons (Fsp3) is 1.00. The Kier molecular flexibility index (Phi) is 2.61. The smallest absolute Gasteiger partial charge is 0.0685 e. The van der Waals surface area contributed by atoms with E-state index in [1.54, 1.807) is 0 Å². The summed E-state index contributed by atoms with van der Waals surface area (Å²) in [6.07, 6.45) is 6.51. The van der Waals surface area contributed by atoms with Gasteiger partial charge in [-0.3, -0.25) is 0 Å². The normalized spacial score (nSPS) is 34.2. The Labute approximate surface area is 81.0 Å². The molecular weight excluding hydrogens is 162 g/mol. The molecule has 0 radical (unpaired) electrons. The summed E-state index contributed by atoms with van der Waals surface area (Å²) >= 11 is 0. The minimum atomic E-state index is 0.314. The molecule has 2 rings (SSSR count). The maximum atomic E-state index is 5.90. The summed E-state index contributed by atoms with van der Waals surface area (Å²) in [6, 6.07) is 0.654. The van der Waals surface area contributed by atoms with Gasteiger partial charge in [-0.25, -0.2) is 0 Å². The molecule has 1 saturated carbocycles. The second kappa shape index (κ2) is 3.58. The van der Waals surface area contributed by atoms with Gasteiger partial charge in [-0.15, -0.1) is 0 Å². The van der Waals surface area contributed by atoms with Crippen molar-refractivity contribution < 1.29 is 4.74 Å². The number of hydrogen-bond donors (Lipinski definition) is 1. The third-order valence-corrected chi connectivity index (χ3v) is 3.96. The van der Waals surface area contributed by atoms with Crippen LogP contribution >= 0.6 is 0 Å². The van der Waals surface area contributed by atoms with Crippen molar-refractivity contribution in [1.29, 1.82) is 0 Å². The molecule has 2 nitrogen and oxygen atoms in total. The predicted molar refractivity (Wildman–Crippen MR) is 53.8 cm³/mol. The van der Waals surface area contributed by atoms with Gasteiger partial charge in [0.25, 0.3) is 0 Å². The number of hydrogen-bond acceptors (Lipinski definition) is 2. The van der Waals surface area contributed by atoms with E-state index in [4.69, 9.17) is 4.74 Å². The first-order valence-electron chi connectivity index (χ1n) is 5.57. The number of ether oxygens (including phenoxy) is 1. The Morgan fingerprint density at radius 2 is 2.23 bits per heavy atom. The molecule has 13 heavy (non-hydrogen) atoms. The topological polar surface area (TPSA) is 21.3 Å². The molecule has 1 aliphatic heterocycles. The van der Waals surface area contributed by atoms with Gasteiger partial charge in [-0.2, -0.15) is 0 Å². The molecule has 0 aromatic rings. The van der Waals surface area contributed by atoms with Crippen LogP contribution in [-0.2, 0) is 4.74 Å². The van der Waals surface area contributed by atoms with Crippen LogP contribution in [0, 0.1) is 5.92 Å². The van der Waals surface area contributed by atoms with Crippen LogP contribution in [0.4, 0.5) is 0 Å². The molecular formula is C11H21NO. The first kappa shape index (κ1) is 9.47. The van der Waals surface area contributed by atoms with E-state index in [9.17, 15) is 0 Å². The van der Waals surface area contributed by atoms with E-state index in [2.05, 4.69) is 19.3 Å². The summed E-state index contributed by atoms with van der Waals surface area (Å²) in [5, 5.41) is 3.37. The molecule has 0 aromatic carbocycles. The molecule has 0 bridgehead atoms. The lowest BCUT2D eigenvalue weighted by atomic mass is 9.70. The van der Waals surface area contributed by atoms with Crippen LogP contribution in [0.3, 0.4) is 0 Å². The van der Waals surface area contributed by atoms with E-state index in [-0.39, 0.29) is 0 Å². The minimum absolute atomic E-state index is 0.314. The molecule has 1 N–H and O–H groups in total. The molecule has 1 aliphatic carbocycles. The lowest BCUT2D eigenvalue weighted by molar-refractivity contribution is -0.146. The van der Waals surface area contributed by atoms with Crippen LogP contribution in [0.15, 0.2) is 0 Å². The van der Waals surface area contributed by atoms with Crippen molar-refractivity contribution in [3.8, 4) is 0 Å². The fourth-order valence-corrected chi connectivity index (χ4v) is 2.65. The predicted octanol–water partition coefficient (Wildman–Crippen LogP) is 1.94. The maximum Gasteiger partial charge on any atom is 0.0685 e. The molecule has 0 aromatic heterocycles. The summed E-state index contributed by atoms with van der Waals surface area (Å²) < 4.78 is 5.90. The van der Waals surface area contributed by atoms with E-state index < -0.39 is 0 Å². The molecule has 76 valence electrons. The van der Waals surface area contributed by atoms with Crippen molar-refractivity contribution in [2.75, 3.05) is 13.7 Å². The van der Waals surface area contributed by atoms with E-state index in [1.807, 2.05) is 0 Å². The minimum Gasteiger partial charge on any atom is -0.375 e. The fourth-order valence-electron chi connectivity index (χ4n) is 2.65. The van der Waals surface area contributed by atoms with Gasteiger partial charge in [0.15, 0.2) is 0 Å². The second-order valence-electron chi connectivity index (χ2n) is 4.72. The van der Waals surface area contributed by atoms with Crippen LogP contribution in [0.25, 0.3) is 0 Å². The molecule has 2 heteroatoms. The lowest BCUT2D eigenvalue weighted by Gasteiger charge is -2.48. The highest BCUT2D eigenvalue weighted by molar-refractivity contribution is 4.95. The zero-order valence-corrected chi connectivity index (χ0v) is 8.81. The standard InChI is InChI=1S/C11H21NO/c1-9(12-2)10-4-7-13-11(8-10)5-3-6-11/h9-10,12H,3-8H2,1-2H3. The molecule has 2 unspecified atom stereocenters. The van der Waals surface area contributed by atoms with Crippen molar-refractivity contribution in [1.82, 2.24) is 5.32 Å². The van der Waals surface area contributed by atoms with Crippen LogP contribution in [-0.4, -0.2) is 25.3 Å². The average molecular weight is 183 g/mol. The van der Waals surface area contributed by atoms with Crippen molar-refractivity contribution >= 4 is 0 Å². The van der Waals surface area contributed by atoms with Gasteiger partial charge in [0, 0.05) is 12.6 Å². The van der Waals surface area contributed by atoms with Crippen molar-refractivity contribution in [3.63, 3.8) is 0 Å². The zero-order chi connectivity index (χ0) is 9.31. The molecule has 0 amide bonds. The van der Waals surface area contributed by atoms with Gasteiger partial charge in [-0.05, 0) is 52.0 Å². The Balaban J connectivity index is 1.92. The van der Waals surface area contributed by atoms with Gasteiger partial charge >= 0.3 is 0 Å². The third-order valence-electron chi connectivity index (χ3n) is 3.96. The van der Waals surface area contributed by atoms with Gasteiger partial charge in [0.1, 0.15) is 0 Å². The Bertz CT molecular complexity index is 177. The Morgan fingerprint density at radius 1 is 1.46 bits per heavy atom.